The SMILES string of the molecule is CN1[C@H](C(=O)Nc2ccc(F)c(Cl)c2)C[C@H](c2ccc(OC(F)F)cc2)NS1(=O)=O. The average molecular weight is 464 g/mol. The second kappa shape index (κ2) is 8.80. The van der Waals surface area contributed by atoms with Gasteiger partial charge in [-0.3, -0.25) is 4.79 Å². The first kappa shape index (κ1) is 22.3. The number of halogens is 4. The van der Waals surface area contributed by atoms with Gasteiger partial charge in [-0.2, -0.15) is 26.2 Å². The zero-order valence-electron chi connectivity index (χ0n) is 15.5. The molecule has 3 rings (SSSR count). The van der Waals surface area contributed by atoms with Crippen molar-refractivity contribution in [2.45, 2.75) is 25.1 Å². The maximum atomic E-state index is 13.3. The number of carbonyl (C=O) groups is 1. The molecule has 0 unspecified atom stereocenters. The van der Waals surface area contributed by atoms with Gasteiger partial charge in [0.2, 0.25) is 5.91 Å². The highest BCUT2D eigenvalue weighted by Crippen LogP contribution is 2.30. The molecule has 1 amide bonds. The van der Waals surface area contributed by atoms with Crippen molar-refractivity contribution in [3.05, 3.63) is 58.9 Å². The van der Waals surface area contributed by atoms with Crippen molar-refractivity contribution < 1.29 is 31.1 Å². The van der Waals surface area contributed by atoms with Crippen molar-refractivity contribution >= 4 is 33.4 Å². The summed E-state index contributed by atoms with van der Waals surface area (Å²) in [6, 6.07) is 7.16. The minimum absolute atomic E-state index is 0.0611. The van der Waals surface area contributed by atoms with E-state index in [1.54, 1.807) is 0 Å². The van der Waals surface area contributed by atoms with Gasteiger partial charge >= 0.3 is 6.61 Å². The van der Waals surface area contributed by atoms with Crippen LogP contribution in [-0.2, 0) is 15.0 Å². The zero-order valence-corrected chi connectivity index (χ0v) is 17.1. The summed E-state index contributed by atoms with van der Waals surface area (Å²) >= 11 is 5.70. The number of hydrogen-bond acceptors (Lipinski definition) is 4. The van der Waals surface area contributed by atoms with E-state index in [-0.39, 0.29) is 22.9 Å². The first-order valence-electron chi connectivity index (χ1n) is 8.63. The van der Waals surface area contributed by atoms with E-state index in [0.29, 0.717) is 5.56 Å². The molecule has 0 spiro atoms. The molecule has 1 heterocycles. The normalized spacial score (nSPS) is 21.4. The predicted octanol–water partition coefficient (Wildman–Crippen LogP) is 3.30. The maximum Gasteiger partial charge on any atom is 0.387 e. The van der Waals surface area contributed by atoms with Crippen LogP contribution in [0.4, 0.5) is 18.9 Å². The molecule has 2 aromatic carbocycles. The standard InChI is InChI=1S/C18H17ClF3N3O4S/c1-25-16(17(26)23-11-4-7-14(20)13(19)8-11)9-15(24-30(25,27)28)10-2-5-12(6-3-10)29-18(21)22/h2-8,15-16,18,24H,9H2,1H3,(H,23,26)/t15-,16+/m1/s1. The molecule has 1 aliphatic rings. The van der Waals surface area contributed by atoms with Gasteiger partial charge in [-0.25, -0.2) is 4.39 Å². The van der Waals surface area contributed by atoms with Crippen LogP contribution in [0, 0.1) is 5.82 Å². The van der Waals surface area contributed by atoms with Crippen molar-refractivity contribution in [1.82, 2.24) is 9.03 Å². The fraction of sp³-hybridized carbons (Fsp3) is 0.278. The Labute approximate surface area is 176 Å². The molecule has 0 bridgehead atoms. The Bertz CT molecular complexity index is 1040. The number of benzene rings is 2. The van der Waals surface area contributed by atoms with E-state index in [4.69, 9.17) is 11.6 Å². The summed E-state index contributed by atoms with van der Waals surface area (Å²) in [6.07, 6.45) is 0.0611. The third-order valence-corrected chi connectivity index (χ3v) is 6.45. The molecule has 7 nitrogen and oxygen atoms in total. The topological polar surface area (TPSA) is 87.7 Å². The van der Waals surface area contributed by atoms with Gasteiger partial charge in [0.1, 0.15) is 17.6 Å². The lowest BCUT2D eigenvalue weighted by Crippen LogP contribution is -2.55. The molecule has 0 saturated carbocycles. The number of likely N-dealkylation sites (N-methyl/N-ethyl adjacent to an activating group) is 1. The van der Waals surface area contributed by atoms with Gasteiger partial charge in [-0.1, -0.05) is 23.7 Å². The number of alkyl halides is 2. The van der Waals surface area contributed by atoms with Crippen LogP contribution < -0.4 is 14.8 Å². The van der Waals surface area contributed by atoms with E-state index >= 15 is 0 Å². The van der Waals surface area contributed by atoms with Gasteiger partial charge in [0.05, 0.1) is 5.02 Å². The van der Waals surface area contributed by atoms with Crippen LogP contribution in [0.15, 0.2) is 42.5 Å². The van der Waals surface area contributed by atoms with Gasteiger partial charge in [0.25, 0.3) is 10.2 Å². The van der Waals surface area contributed by atoms with Crippen LogP contribution in [-0.4, -0.2) is 38.3 Å². The molecule has 12 heteroatoms. The summed E-state index contributed by atoms with van der Waals surface area (Å²) in [5.74, 6) is -1.37. The highest BCUT2D eigenvalue weighted by atomic mass is 35.5. The number of nitrogens with zero attached hydrogens (tertiary/aromatic N) is 1. The zero-order chi connectivity index (χ0) is 22.1. The van der Waals surface area contributed by atoms with Gasteiger partial charge in [-0.05, 0) is 42.3 Å². The van der Waals surface area contributed by atoms with Crippen LogP contribution in [0.2, 0.25) is 5.02 Å². The molecule has 1 saturated heterocycles. The number of hydrogen-bond donors (Lipinski definition) is 2. The largest absolute Gasteiger partial charge is 0.435 e. The van der Waals surface area contributed by atoms with Crippen molar-refractivity contribution in [2.24, 2.45) is 0 Å². The predicted molar refractivity (Wildman–Crippen MR) is 104 cm³/mol. The highest BCUT2D eigenvalue weighted by Gasteiger charge is 2.40. The summed E-state index contributed by atoms with van der Waals surface area (Å²) in [4.78, 5) is 12.7. The van der Waals surface area contributed by atoms with Crippen molar-refractivity contribution in [1.29, 1.82) is 0 Å². The molecule has 2 aromatic rings. The van der Waals surface area contributed by atoms with E-state index in [9.17, 15) is 26.4 Å². The smallest absolute Gasteiger partial charge is 0.387 e. The van der Waals surface area contributed by atoms with Crippen molar-refractivity contribution in [3.63, 3.8) is 0 Å². The van der Waals surface area contributed by atoms with Crippen LogP contribution in [0.3, 0.4) is 0 Å². The second-order valence-corrected chi connectivity index (χ2v) is 8.68. The molecule has 0 radical (unpaired) electrons. The van der Waals surface area contributed by atoms with Crippen LogP contribution in [0.1, 0.15) is 18.0 Å². The molecule has 1 fully saturated rings. The Balaban J connectivity index is 1.80. The Morgan fingerprint density at radius 1 is 1.27 bits per heavy atom. The minimum Gasteiger partial charge on any atom is -0.435 e. The molecule has 2 N–H and O–H groups in total. The summed E-state index contributed by atoms with van der Waals surface area (Å²) in [5.41, 5.74) is 0.677. The number of anilines is 1. The Morgan fingerprint density at radius 3 is 2.53 bits per heavy atom. The first-order chi connectivity index (χ1) is 14.1. The number of carbonyl (C=O) groups excluding carboxylic acids is 1. The van der Waals surface area contributed by atoms with E-state index in [0.717, 1.165) is 10.4 Å². The van der Waals surface area contributed by atoms with Gasteiger partial charge in [-0.15, -0.1) is 0 Å². The molecular weight excluding hydrogens is 447 g/mol. The van der Waals surface area contributed by atoms with Crippen LogP contribution >= 0.6 is 11.6 Å². The van der Waals surface area contributed by atoms with E-state index in [2.05, 4.69) is 14.8 Å². The van der Waals surface area contributed by atoms with Crippen molar-refractivity contribution in [3.8, 4) is 5.75 Å². The third kappa shape index (κ3) is 5.04. The molecule has 162 valence electrons. The number of nitrogens with one attached hydrogen (secondary N) is 2. The summed E-state index contributed by atoms with van der Waals surface area (Å²) in [6.45, 7) is -2.98. The van der Waals surface area contributed by atoms with Gasteiger partial charge in [0.15, 0.2) is 0 Å². The lowest BCUT2D eigenvalue weighted by Gasteiger charge is -2.36. The fourth-order valence-electron chi connectivity index (χ4n) is 3.01. The Kier molecular flexibility index (Phi) is 6.56. The number of amides is 1. The molecule has 0 aliphatic carbocycles. The van der Waals surface area contributed by atoms with Crippen LogP contribution in [0.5, 0.6) is 5.75 Å². The molecular formula is C18H17ClF3N3O4S. The minimum atomic E-state index is -4.00. The quantitative estimate of drug-likeness (QED) is 0.712. The number of ether oxygens (including phenoxy) is 1. The van der Waals surface area contributed by atoms with Crippen LogP contribution in [0.25, 0.3) is 0 Å². The Hall–Kier alpha value is -2.34. The molecule has 30 heavy (non-hydrogen) atoms. The first-order valence-corrected chi connectivity index (χ1v) is 10.4. The second-order valence-electron chi connectivity index (χ2n) is 6.51. The summed E-state index contributed by atoms with van der Waals surface area (Å²) in [5, 5.41) is 2.33. The van der Waals surface area contributed by atoms with E-state index in [1.165, 1.54) is 43.4 Å². The maximum absolute atomic E-state index is 13.3. The monoisotopic (exact) mass is 463 g/mol. The van der Waals surface area contributed by atoms with E-state index in [1.807, 2.05) is 0 Å². The van der Waals surface area contributed by atoms with E-state index < -0.39 is 40.6 Å². The lowest BCUT2D eigenvalue weighted by atomic mass is 9.99. The molecule has 0 aromatic heterocycles. The fourth-order valence-corrected chi connectivity index (χ4v) is 4.46. The summed E-state index contributed by atoms with van der Waals surface area (Å²) < 4.78 is 70.5. The van der Waals surface area contributed by atoms with Gasteiger partial charge in [0, 0.05) is 18.8 Å². The third-order valence-electron chi connectivity index (χ3n) is 4.57. The lowest BCUT2D eigenvalue weighted by molar-refractivity contribution is -0.120. The van der Waals surface area contributed by atoms with Gasteiger partial charge < -0.3 is 10.1 Å². The molecule has 1 aliphatic heterocycles. The Morgan fingerprint density at radius 2 is 1.93 bits per heavy atom. The average Bonchev–Trinajstić information content (AvgIpc) is 2.67. The highest BCUT2D eigenvalue weighted by molar-refractivity contribution is 7.87. The summed E-state index contributed by atoms with van der Waals surface area (Å²) in [7, 11) is -2.75. The molecule has 2 atom stereocenters. The van der Waals surface area contributed by atoms with Crippen molar-refractivity contribution in [2.75, 3.05) is 12.4 Å². The number of rotatable bonds is 5.